The normalized spacial score (nSPS) is 16.5. The summed E-state index contributed by atoms with van der Waals surface area (Å²) in [6.07, 6.45) is 1.10. The zero-order valence-corrected chi connectivity index (χ0v) is 9.18. The fourth-order valence-corrected chi connectivity index (χ4v) is 0.577. The number of ether oxygens (including phenoxy) is 1. The molecule has 0 radical (unpaired) electrons. The van der Waals surface area contributed by atoms with Gasteiger partial charge in [-0.15, -0.1) is 0 Å². The lowest BCUT2D eigenvalue weighted by atomic mass is 10.0. The molecule has 0 fully saturated rings. The highest BCUT2D eigenvalue weighted by molar-refractivity contribution is 5.78. The maximum Gasteiger partial charge on any atom is 0.338 e. The maximum absolute atomic E-state index is 11.4. The zero-order valence-electron chi connectivity index (χ0n) is 9.18. The van der Waals surface area contributed by atoms with Crippen molar-refractivity contribution in [1.82, 2.24) is 0 Å². The van der Waals surface area contributed by atoms with Crippen LogP contribution < -0.4 is 0 Å². The Hall–Kier alpha value is -0.570. The number of hydrogen-bond donors (Lipinski definition) is 1. The first-order valence-electron chi connectivity index (χ1n) is 4.71. The van der Waals surface area contributed by atoms with E-state index in [4.69, 9.17) is 4.74 Å². The topological polar surface area (TPSA) is 46.5 Å². The van der Waals surface area contributed by atoms with Crippen molar-refractivity contribution < 1.29 is 14.6 Å². The van der Waals surface area contributed by atoms with Gasteiger partial charge in [0, 0.05) is 0 Å². The molecule has 0 saturated heterocycles. The Labute approximate surface area is 80.1 Å². The number of esters is 1. The van der Waals surface area contributed by atoms with E-state index in [-0.39, 0.29) is 0 Å². The molecule has 0 bridgehead atoms. The number of aliphatic hydroxyl groups is 1. The van der Waals surface area contributed by atoms with Crippen molar-refractivity contribution in [3.63, 3.8) is 0 Å². The average molecular weight is 188 g/mol. The smallest absolute Gasteiger partial charge is 0.338 e. The van der Waals surface area contributed by atoms with Gasteiger partial charge in [0.05, 0.1) is 0 Å². The molecule has 0 amide bonds. The molecule has 0 spiro atoms. The van der Waals surface area contributed by atoms with Crippen LogP contribution in [0.3, 0.4) is 0 Å². The van der Waals surface area contributed by atoms with Gasteiger partial charge in [-0.3, -0.25) is 0 Å². The van der Waals surface area contributed by atoms with Gasteiger partial charge in [-0.25, -0.2) is 4.79 Å². The lowest BCUT2D eigenvalue weighted by Crippen LogP contribution is -2.41. The van der Waals surface area contributed by atoms with Crippen LogP contribution in [0, 0.1) is 0 Å². The molecule has 0 aromatic heterocycles. The molecular weight excluding hydrogens is 168 g/mol. The van der Waals surface area contributed by atoms with Crippen molar-refractivity contribution in [1.29, 1.82) is 0 Å². The van der Waals surface area contributed by atoms with Crippen molar-refractivity contribution in [2.75, 3.05) is 0 Å². The van der Waals surface area contributed by atoms with Gasteiger partial charge >= 0.3 is 5.97 Å². The highest BCUT2D eigenvalue weighted by Crippen LogP contribution is 2.19. The summed E-state index contributed by atoms with van der Waals surface area (Å²) in [4.78, 5) is 11.4. The number of hydrogen-bond acceptors (Lipinski definition) is 3. The highest BCUT2D eigenvalue weighted by Gasteiger charge is 2.33. The van der Waals surface area contributed by atoms with E-state index in [9.17, 15) is 9.90 Å². The third-order valence-electron chi connectivity index (χ3n) is 2.35. The second-order valence-corrected chi connectivity index (χ2v) is 4.13. The zero-order chi connectivity index (χ0) is 10.7. The largest absolute Gasteiger partial charge is 0.458 e. The van der Waals surface area contributed by atoms with Crippen molar-refractivity contribution in [2.24, 2.45) is 0 Å². The van der Waals surface area contributed by atoms with Crippen LogP contribution in [0.2, 0.25) is 0 Å². The molecule has 78 valence electrons. The van der Waals surface area contributed by atoms with Gasteiger partial charge in [-0.2, -0.15) is 0 Å². The second-order valence-electron chi connectivity index (χ2n) is 4.13. The molecule has 3 nitrogen and oxygen atoms in total. The third-order valence-corrected chi connectivity index (χ3v) is 2.35. The first kappa shape index (κ1) is 12.4. The Bertz CT molecular complexity index is 183. The summed E-state index contributed by atoms with van der Waals surface area (Å²) in [6, 6.07) is 0. The van der Waals surface area contributed by atoms with Crippen molar-refractivity contribution in [3.8, 4) is 0 Å². The molecule has 13 heavy (non-hydrogen) atoms. The lowest BCUT2D eigenvalue weighted by Gasteiger charge is -2.28. The molecule has 0 aromatic carbocycles. The first-order chi connectivity index (χ1) is 5.75. The minimum Gasteiger partial charge on any atom is -0.458 e. The van der Waals surface area contributed by atoms with Crippen LogP contribution in [-0.4, -0.2) is 22.3 Å². The summed E-state index contributed by atoms with van der Waals surface area (Å²) in [6.45, 7) is 8.82. The van der Waals surface area contributed by atoms with Crippen LogP contribution in [0.5, 0.6) is 0 Å². The van der Waals surface area contributed by atoms with Crippen LogP contribution in [0.15, 0.2) is 0 Å². The van der Waals surface area contributed by atoms with Gasteiger partial charge in [-0.1, -0.05) is 13.8 Å². The number of rotatable bonds is 4. The molecule has 0 aromatic rings. The average Bonchev–Trinajstić information content (AvgIpc) is 2.04. The standard InChI is InChI=1S/C10H20O3/c1-6-9(3,4)13-8(11)10(5,12)7-2/h12H,6-7H2,1-5H3. The molecular formula is C10H20O3. The van der Waals surface area contributed by atoms with Gasteiger partial charge in [0.15, 0.2) is 5.60 Å². The molecule has 0 aliphatic carbocycles. The molecule has 0 aliphatic heterocycles. The molecule has 0 rings (SSSR count). The summed E-state index contributed by atoms with van der Waals surface area (Å²) in [5, 5.41) is 9.58. The SMILES string of the molecule is CCC(C)(C)OC(=O)C(C)(O)CC. The summed E-state index contributed by atoms with van der Waals surface area (Å²) >= 11 is 0. The summed E-state index contributed by atoms with van der Waals surface area (Å²) < 4.78 is 5.15. The summed E-state index contributed by atoms with van der Waals surface area (Å²) in [5.41, 5.74) is -1.84. The fourth-order valence-electron chi connectivity index (χ4n) is 0.577. The van der Waals surface area contributed by atoms with Gasteiger partial charge in [-0.05, 0) is 33.6 Å². The Balaban J connectivity index is 4.31. The van der Waals surface area contributed by atoms with Crippen LogP contribution in [-0.2, 0) is 9.53 Å². The molecule has 0 heterocycles. The Kier molecular flexibility index (Phi) is 3.91. The van der Waals surface area contributed by atoms with E-state index >= 15 is 0 Å². The molecule has 1 N–H and O–H groups in total. The second kappa shape index (κ2) is 4.09. The third kappa shape index (κ3) is 3.77. The molecule has 3 heteroatoms. The minimum atomic E-state index is -1.35. The Morgan fingerprint density at radius 2 is 1.69 bits per heavy atom. The van der Waals surface area contributed by atoms with E-state index in [0.717, 1.165) is 6.42 Å². The first-order valence-corrected chi connectivity index (χ1v) is 4.71. The maximum atomic E-state index is 11.4. The number of carbonyl (C=O) groups excluding carboxylic acids is 1. The molecule has 0 aliphatic rings. The van der Waals surface area contributed by atoms with Crippen molar-refractivity contribution >= 4 is 5.97 Å². The van der Waals surface area contributed by atoms with Crippen LogP contribution >= 0.6 is 0 Å². The monoisotopic (exact) mass is 188 g/mol. The predicted octanol–water partition coefficient (Wildman–Crippen LogP) is 1.88. The van der Waals surface area contributed by atoms with E-state index in [1.54, 1.807) is 6.92 Å². The van der Waals surface area contributed by atoms with E-state index < -0.39 is 17.2 Å². The van der Waals surface area contributed by atoms with E-state index in [1.165, 1.54) is 6.92 Å². The van der Waals surface area contributed by atoms with Crippen LogP contribution in [0.25, 0.3) is 0 Å². The van der Waals surface area contributed by atoms with E-state index in [1.807, 2.05) is 20.8 Å². The quantitative estimate of drug-likeness (QED) is 0.685. The van der Waals surface area contributed by atoms with E-state index in [0.29, 0.717) is 6.42 Å². The highest BCUT2D eigenvalue weighted by atomic mass is 16.6. The fraction of sp³-hybridized carbons (Fsp3) is 0.900. The van der Waals surface area contributed by atoms with Crippen LogP contribution in [0.4, 0.5) is 0 Å². The van der Waals surface area contributed by atoms with Gasteiger partial charge in [0.1, 0.15) is 5.60 Å². The lowest BCUT2D eigenvalue weighted by molar-refractivity contribution is -0.177. The van der Waals surface area contributed by atoms with Crippen molar-refractivity contribution in [3.05, 3.63) is 0 Å². The van der Waals surface area contributed by atoms with Crippen molar-refractivity contribution in [2.45, 2.75) is 58.7 Å². The minimum absolute atomic E-state index is 0.367. The summed E-state index contributed by atoms with van der Waals surface area (Å²) in [5.74, 6) is -0.540. The van der Waals surface area contributed by atoms with Gasteiger partial charge in [0.25, 0.3) is 0 Å². The molecule has 1 atom stereocenters. The van der Waals surface area contributed by atoms with E-state index in [2.05, 4.69) is 0 Å². The Morgan fingerprint density at radius 1 is 1.23 bits per heavy atom. The van der Waals surface area contributed by atoms with Gasteiger partial charge in [0.2, 0.25) is 0 Å². The number of carbonyl (C=O) groups is 1. The molecule has 0 saturated carbocycles. The predicted molar refractivity (Wildman–Crippen MR) is 51.4 cm³/mol. The Morgan fingerprint density at radius 3 is 2.00 bits per heavy atom. The van der Waals surface area contributed by atoms with Crippen LogP contribution in [0.1, 0.15) is 47.5 Å². The summed E-state index contributed by atoms with van der Waals surface area (Å²) in [7, 11) is 0. The van der Waals surface area contributed by atoms with Gasteiger partial charge < -0.3 is 9.84 Å². The molecule has 1 unspecified atom stereocenters.